The maximum Gasteiger partial charge on any atom is 1.00 e. The summed E-state index contributed by atoms with van der Waals surface area (Å²) in [7, 11) is 0. The van der Waals surface area contributed by atoms with Gasteiger partial charge in [0.05, 0.1) is 12.7 Å². The first-order valence-corrected chi connectivity index (χ1v) is 5.71. The number of aliphatic imine (C=N–C) groups is 1. The van der Waals surface area contributed by atoms with Crippen molar-refractivity contribution in [1.29, 1.82) is 0 Å². The van der Waals surface area contributed by atoms with Crippen LogP contribution in [0.2, 0.25) is 0 Å². The van der Waals surface area contributed by atoms with Crippen molar-refractivity contribution >= 4 is 23.9 Å². The summed E-state index contributed by atoms with van der Waals surface area (Å²) in [4.78, 5) is 30.1. The molecule has 0 fully saturated rings. The van der Waals surface area contributed by atoms with E-state index in [0.717, 1.165) is 0 Å². The molecule has 0 aromatic carbocycles. The van der Waals surface area contributed by atoms with Gasteiger partial charge in [-0.1, -0.05) is 0 Å². The van der Waals surface area contributed by atoms with E-state index in [1.165, 1.54) is 6.34 Å². The Kier molecular flexibility index (Phi) is 6.20. The summed E-state index contributed by atoms with van der Waals surface area (Å²) in [6.45, 7) is 0.660. The van der Waals surface area contributed by atoms with E-state index < -0.39 is 5.97 Å². The SMILES string of the molecule is O=C([O-])CCCCn1cnc2c1C(=O)CN=CN2.[Na+]. The summed E-state index contributed by atoms with van der Waals surface area (Å²) in [5.74, 6) is -0.643. The Morgan fingerprint density at radius 2 is 2.26 bits per heavy atom. The fourth-order valence-electron chi connectivity index (χ4n) is 1.81. The largest absolute Gasteiger partial charge is 1.00 e. The van der Waals surface area contributed by atoms with Crippen molar-refractivity contribution in [1.82, 2.24) is 9.55 Å². The van der Waals surface area contributed by atoms with Gasteiger partial charge in [0.2, 0.25) is 5.78 Å². The molecule has 2 heterocycles. The molecule has 0 aliphatic carbocycles. The molecule has 2 rings (SSSR count). The van der Waals surface area contributed by atoms with Gasteiger partial charge < -0.3 is 19.8 Å². The average molecular weight is 272 g/mol. The van der Waals surface area contributed by atoms with Gasteiger partial charge in [0, 0.05) is 12.5 Å². The molecule has 0 atom stereocenters. The second kappa shape index (κ2) is 7.42. The Bertz CT molecular complexity index is 498. The second-order valence-corrected chi connectivity index (χ2v) is 4.00. The molecule has 19 heavy (non-hydrogen) atoms. The standard InChI is InChI=1S/C11H14N4O3.Na/c16-8-5-12-6-13-11-10(8)15(7-14-11)4-2-1-3-9(17)18;/h6-7H,1-5H2,(H,12,13)(H,17,18);/q;+1/p-1. The monoisotopic (exact) mass is 272 g/mol. The number of nitrogens with one attached hydrogen (secondary N) is 1. The normalized spacial score (nSPS) is 13.2. The number of ketones is 1. The quantitative estimate of drug-likeness (QED) is 0.442. The molecule has 0 saturated carbocycles. The maximum atomic E-state index is 11.8. The number of fused-ring (bicyclic) bond motifs is 1. The van der Waals surface area contributed by atoms with E-state index in [4.69, 9.17) is 0 Å². The summed E-state index contributed by atoms with van der Waals surface area (Å²) < 4.78 is 1.73. The predicted molar refractivity (Wildman–Crippen MR) is 62.4 cm³/mol. The number of hydrogen-bond donors (Lipinski definition) is 1. The molecule has 96 valence electrons. The van der Waals surface area contributed by atoms with Crippen LogP contribution in [0, 0.1) is 0 Å². The van der Waals surface area contributed by atoms with Crippen LogP contribution in [0.1, 0.15) is 29.8 Å². The predicted octanol–water partition coefficient (Wildman–Crippen LogP) is -3.56. The molecule has 0 unspecified atom stereocenters. The number of unbranched alkanes of at least 4 members (excludes halogenated alkanes) is 1. The smallest absolute Gasteiger partial charge is 0.550 e. The molecule has 1 N–H and O–H groups in total. The van der Waals surface area contributed by atoms with E-state index in [-0.39, 0.29) is 48.3 Å². The van der Waals surface area contributed by atoms with E-state index in [2.05, 4.69) is 15.3 Å². The number of carboxylic acid groups (broad SMARTS) is 1. The van der Waals surface area contributed by atoms with E-state index in [0.29, 0.717) is 30.9 Å². The minimum absolute atomic E-state index is 0. The molecule has 7 nitrogen and oxygen atoms in total. The number of carbonyl (C=O) groups excluding carboxylic acids is 2. The molecule has 0 radical (unpaired) electrons. The first kappa shape index (κ1) is 15.9. The van der Waals surface area contributed by atoms with Gasteiger partial charge in [-0.3, -0.25) is 9.79 Å². The molecule has 0 spiro atoms. The van der Waals surface area contributed by atoms with Gasteiger partial charge in [-0.25, -0.2) is 4.98 Å². The van der Waals surface area contributed by atoms with Crippen LogP contribution in [-0.4, -0.2) is 34.2 Å². The van der Waals surface area contributed by atoms with Crippen molar-refractivity contribution in [2.75, 3.05) is 11.9 Å². The maximum absolute atomic E-state index is 11.8. The van der Waals surface area contributed by atoms with E-state index in [1.807, 2.05) is 0 Å². The zero-order valence-corrected chi connectivity index (χ0v) is 12.8. The number of Topliss-reactive ketones (excluding diaryl/α,β-unsaturated/α-hetero) is 1. The number of nitrogens with zero attached hydrogens (tertiary/aromatic N) is 3. The van der Waals surface area contributed by atoms with Gasteiger partial charge in [-0.15, -0.1) is 0 Å². The zero-order valence-electron chi connectivity index (χ0n) is 10.8. The van der Waals surface area contributed by atoms with Crippen LogP contribution >= 0.6 is 0 Å². The number of aliphatic carboxylic acids is 1. The first-order valence-electron chi connectivity index (χ1n) is 5.71. The van der Waals surface area contributed by atoms with Crippen molar-refractivity contribution in [3.8, 4) is 0 Å². The fraction of sp³-hybridized carbons (Fsp3) is 0.455. The topological polar surface area (TPSA) is 99.4 Å². The number of anilines is 1. The van der Waals surface area contributed by atoms with E-state index in [1.54, 1.807) is 10.9 Å². The van der Waals surface area contributed by atoms with Crippen LogP contribution in [0.5, 0.6) is 0 Å². The Hall–Kier alpha value is -1.18. The average Bonchev–Trinajstić information content (AvgIpc) is 2.64. The first-order chi connectivity index (χ1) is 8.68. The van der Waals surface area contributed by atoms with Crippen LogP contribution in [-0.2, 0) is 11.3 Å². The Balaban J connectivity index is 0.00000180. The van der Waals surface area contributed by atoms with Crippen LogP contribution in [0.4, 0.5) is 5.82 Å². The third-order valence-corrected chi connectivity index (χ3v) is 2.66. The van der Waals surface area contributed by atoms with Gasteiger partial charge in [-0.05, 0) is 19.3 Å². The van der Waals surface area contributed by atoms with Crippen molar-refractivity contribution in [3.05, 3.63) is 12.0 Å². The van der Waals surface area contributed by atoms with E-state index in [9.17, 15) is 14.7 Å². The molecular formula is C11H13N4NaO3. The number of carbonyl (C=O) groups is 2. The van der Waals surface area contributed by atoms with Crippen molar-refractivity contribution in [3.63, 3.8) is 0 Å². The van der Waals surface area contributed by atoms with Crippen LogP contribution in [0.15, 0.2) is 11.3 Å². The molecule has 0 saturated heterocycles. The molecule has 1 aliphatic heterocycles. The minimum Gasteiger partial charge on any atom is -0.550 e. The Morgan fingerprint density at radius 1 is 1.47 bits per heavy atom. The number of rotatable bonds is 5. The molecule has 1 aromatic heterocycles. The number of aromatic nitrogens is 2. The molecule has 0 bridgehead atoms. The molecule has 1 aliphatic rings. The molecule has 0 amide bonds. The fourth-order valence-corrected chi connectivity index (χ4v) is 1.81. The van der Waals surface area contributed by atoms with Gasteiger partial charge in [0.15, 0.2) is 5.82 Å². The van der Waals surface area contributed by atoms with Gasteiger partial charge in [-0.2, -0.15) is 0 Å². The van der Waals surface area contributed by atoms with Gasteiger partial charge in [0.1, 0.15) is 12.2 Å². The number of aryl methyl sites for hydroxylation is 1. The van der Waals surface area contributed by atoms with Crippen LogP contribution < -0.4 is 40.0 Å². The number of carboxylic acids is 1. The van der Waals surface area contributed by atoms with Gasteiger partial charge >= 0.3 is 29.6 Å². The molecule has 1 aromatic rings. The molecular weight excluding hydrogens is 259 g/mol. The van der Waals surface area contributed by atoms with E-state index >= 15 is 0 Å². The number of imidazole rings is 1. The third-order valence-electron chi connectivity index (χ3n) is 2.66. The zero-order chi connectivity index (χ0) is 13.0. The molecule has 8 heteroatoms. The summed E-state index contributed by atoms with van der Waals surface area (Å²) in [6.07, 6.45) is 4.25. The summed E-state index contributed by atoms with van der Waals surface area (Å²) in [5.41, 5.74) is 0.501. The van der Waals surface area contributed by atoms with Crippen LogP contribution in [0.3, 0.4) is 0 Å². The van der Waals surface area contributed by atoms with Crippen molar-refractivity contribution in [2.45, 2.75) is 25.8 Å². The van der Waals surface area contributed by atoms with Gasteiger partial charge in [0.25, 0.3) is 0 Å². The second-order valence-electron chi connectivity index (χ2n) is 4.00. The van der Waals surface area contributed by atoms with Crippen molar-refractivity contribution in [2.24, 2.45) is 4.99 Å². The van der Waals surface area contributed by atoms with Crippen molar-refractivity contribution < 1.29 is 44.3 Å². The summed E-state index contributed by atoms with van der Waals surface area (Å²) in [6, 6.07) is 0. The number of hydrogen-bond acceptors (Lipinski definition) is 6. The summed E-state index contributed by atoms with van der Waals surface area (Å²) in [5, 5.41) is 13.1. The van der Waals surface area contributed by atoms with Crippen LogP contribution in [0.25, 0.3) is 0 Å². The summed E-state index contributed by atoms with van der Waals surface area (Å²) >= 11 is 0. The Morgan fingerprint density at radius 3 is 3.00 bits per heavy atom. The minimum atomic E-state index is -1.05. The third kappa shape index (κ3) is 4.15. The Labute approximate surface area is 132 Å².